The Hall–Kier alpha value is -3.08. The molecule has 0 unspecified atom stereocenters. The zero-order valence-electron chi connectivity index (χ0n) is 13.6. The summed E-state index contributed by atoms with van der Waals surface area (Å²) in [5, 5.41) is 2.79. The molecule has 0 fully saturated rings. The molecule has 24 heavy (non-hydrogen) atoms. The molecule has 3 rings (SSSR count). The number of rotatable bonds is 3. The van der Waals surface area contributed by atoms with E-state index in [1.165, 1.54) is 16.5 Å². The number of carbonyl (C=O) groups is 2. The van der Waals surface area contributed by atoms with E-state index in [1.807, 2.05) is 31.2 Å². The van der Waals surface area contributed by atoms with Crippen molar-refractivity contribution >= 4 is 29.3 Å². The average Bonchev–Trinajstić information content (AvgIpc) is 2.58. The number of nitrogens with one attached hydrogen (secondary N) is 1. The molecular weight excluding hydrogens is 304 g/mol. The minimum absolute atomic E-state index is 0.0362. The molecule has 0 atom stereocenters. The van der Waals surface area contributed by atoms with Gasteiger partial charge in [0.1, 0.15) is 5.75 Å². The molecule has 1 aliphatic heterocycles. The van der Waals surface area contributed by atoms with Crippen LogP contribution in [0, 0.1) is 6.92 Å². The molecular formula is C19H18N2O3. The predicted molar refractivity (Wildman–Crippen MR) is 94.2 cm³/mol. The zero-order chi connectivity index (χ0) is 17.1. The highest BCUT2D eigenvalue weighted by atomic mass is 16.5. The Bertz CT molecular complexity index is 810. The van der Waals surface area contributed by atoms with E-state index in [2.05, 4.69) is 5.32 Å². The zero-order valence-corrected chi connectivity index (χ0v) is 13.6. The number of likely N-dealkylation sites (N-methyl/N-ethyl adjacent to an activating group) is 1. The van der Waals surface area contributed by atoms with Crippen molar-refractivity contribution in [2.45, 2.75) is 6.92 Å². The first-order valence-electron chi connectivity index (χ1n) is 7.62. The number of hydrogen-bond acceptors (Lipinski definition) is 3. The number of anilines is 2. The molecule has 2 aromatic carbocycles. The summed E-state index contributed by atoms with van der Waals surface area (Å²) >= 11 is 0. The Labute approximate surface area is 140 Å². The third kappa shape index (κ3) is 3.46. The molecule has 1 N–H and O–H groups in total. The first-order chi connectivity index (χ1) is 11.5. The molecule has 0 saturated carbocycles. The second-order valence-electron chi connectivity index (χ2n) is 5.66. The second kappa shape index (κ2) is 6.58. The van der Waals surface area contributed by atoms with E-state index in [-0.39, 0.29) is 18.4 Å². The number of aryl methyl sites for hydroxylation is 1. The van der Waals surface area contributed by atoms with Gasteiger partial charge >= 0.3 is 0 Å². The fourth-order valence-corrected chi connectivity index (χ4v) is 2.38. The monoisotopic (exact) mass is 322 g/mol. The van der Waals surface area contributed by atoms with E-state index in [4.69, 9.17) is 4.74 Å². The van der Waals surface area contributed by atoms with Crippen molar-refractivity contribution in [2.24, 2.45) is 0 Å². The van der Waals surface area contributed by atoms with Crippen LogP contribution in [0.1, 0.15) is 11.1 Å². The lowest BCUT2D eigenvalue weighted by molar-refractivity contribution is -0.121. The van der Waals surface area contributed by atoms with E-state index in [1.54, 1.807) is 31.3 Å². The SMILES string of the molecule is Cc1ccc(/C=C/C(=O)Nc2ccc3c(c2)N(C)C(=O)CO3)cc1. The molecule has 122 valence electrons. The molecule has 0 bridgehead atoms. The van der Waals surface area contributed by atoms with Gasteiger partial charge in [-0.25, -0.2) is 0 Å². The van der Waals surface area contributed by atoms with Crippen molar-refractivity contribution in [3.63, 3.8) is 0 Å². The molecule has 0 saturated heterocycles. The summed E-state index contributed by atoms with van der Waals surface area (Å²) in [5.74, 6) is 0.275. The number of fused-ring (bicyclic) bond motifs is 1. The van der Waals surface area contributed by atoms with Crippen LogP contribution < -0.4 is 15.0 Å². The van der Waals surface area contributed by atoms with Crippen LogP contribution in [0.2, 0.25) is 0 Å². The van der Waals surface area contributed by atoms with Crippen molar-refractivity contribution in [1.29, 1.82) is 0 Å². The van der Waals surface area contributed by atoms with Crippen LogP contribution in [0.4, 0.5) is 11.4 Å². The molecule has 5 nitrogen and oxygen atoms in total. The fourth-order valence-electron chi connectivity index (χ4n) is 2.38. The Balaban J connectivity index is 1.71. The second-order valence-corrected chi connectivity index (χ2v) is 5.66. The molecule has 5 heteroatoms. The molecule has 0 radical (unpaired) electrons. The summed E-state index contributed by atoms with van der Waals surface area (Å²) in [5.41, 5.74) is 3.38. The first kappa shape index (κ1) is 15.8. The Morgan fingerprint density at radius 1 is 1.21 bits per heavy atom. The highest BCUT2D eigenvalue weighted by Gasteiger charge is 2.22. The third-order valence-electron chi connectivity index (χ3n) is 3.82. The lowest BCUT2D eigenvalue weighted by Gasteiger charge is -2.26. The predicted octanol–water partition coefficient (Wildman–Crippen LogP) is 3.00. The van der Waals surface area contributed by atoms with Gasteiger partial charge in [0.2, 0.25) is 5.91 Å². The van der Waals surface area contributed by atoms with Crippen LogP contribution in [-0.2, 0) is 9.59 Å². The third-order valence-corrected chi connectivity index (χ3v) is 3.82. The van der Waals surface area contributed by atoms with E-state index < -0.39 is 0 Å². The van der Waals surface area contributed by atoms with E-state index in [9.17, 15) is 9.59 Å². The highest BCUT2D eigenvalue weighted by molar-refractivity contribution is 6.03. The summed E-state index contributed by atoms with van der Waals surface area (Å²) in [4.78, 5) is 25.3. The van der Waals surface area contributed by atoms with Gasteiger partial charge in [0, 0.05) is 18.8 Å². The Morgan fingerprint density at radius 3 is 2.71 bits per heavy atom. The van der Waals surface area contributed by atoms with E-state index in [0.717, 1.165) is 5.56 Å². The summed E-state index contributed by atoms with van der Waals surface area (Å²) in [6, 6.07) is 13.1. The minimum Gasteiger partial charge on any atom is -0.482 e. The molecule has 2 aromatic rings. The van der Waals surface area contributed by atoms with Crippen LogP contribution in [0.3, 0.4) is 0 Å². The summed E-state index contributed by atoms with van der Waals surface area (Å²) in [6.07, 6.45) is 3.24. The summed E-state index contributed by atoms with van der Waals surface area (Å²) < 4.78 is 5.36. The van der Waals surface area contributed by atoms with Crippen molar-refractivity contribution in [3.8, 4) is 5.75 Å². The first-order valence-corrected chi connectivity index (χ1v) is 7.62. The van der Waals surface area contributed by atoms with Gasteiger partial charge in [-0.1, -0.05) is 29.8 Å². The normalized spacial score (nSPS) is 13.6. The number of amides is 2. The quantitative estimate of drug-likeness (QED) is 0.884. The van der Waals surface area contributed by atoms with Crippen LogP contribution in [-0.4, -0.2) is 25.5 Å². The van der Waals surface area contributed by atoms with Gasteiger partial charge < -0.3 is 15.0 Å². The summed E-state index contributed by atoms with van der Waals surface area (Å²) in [7, 11) is 1.69. The van der Waals surface area contributed by atoms with Gasteiger partial charge in [0.15, 0.2) is 6.61 Å². The van der Waals surface area contributed by atoms with Crippen molar-refractivity contribution in [1.82, 2.24) is 0 Å². The van der Waals surface area contributed by atoms with Gasteiger partial charge in [-0.3, -0.25) is 9.59 Å². The molecule has 1 aliphatic rings. The highest BCUT2D eigenvalue weighted by Crippen LogP contribution is 2.33. The standard InChI is InChI=1S/C19H18N2O3/c1-13-3-5-14(6-4-13)7-10-18(22)20-15-8-9-17-16(11-15)21(2)19(23)12-24-17/h3-11H,12H2,1-2H3,(H,20,22)/b10-7+. The largest absolute Gasteiger partial charge is 0.482 e. The lowest BCUT2D eigenvalue weighted by Crippen LogP contribution is -2.35. The van der Waals surface area contributed by atoms with Gasteiger partial charge in [0.05, 0.1) is 5.69 Å². The van der Waals surface area contributed by atoms with Gasteiger partial charge in [-0.2, -0.15) is 0 Å². The lowest BCUT2D eigenvalue weighted by atomic mass is 10.1. The average molecular weight is 322 g/mol. The van der Waals surface area contributed by atoms with Crippen molar-refractivity contribution < 1.29 is 14.3 Å². The van der Waals surface area contributed by atoms with Crippen molar-refractivity contribution in [2.75, 3.05) is 23.9 Å². The van der Waals surface area contributed by atoms with Crippen LogP contribution in [0.25, 0.3) is 6.08 Å². The van der Waals surface area contributed by atoms with Gasteiger partial charge in [0.25, 0.3) is 5.91 Å². The summed E-state index contributed by atoms with van der Waals surface area (Å²) in [6.45, 7) is 2.05. The van der Waals surface area contributed by atoms with Crippen molar-refractivity contribution in [3.05, 3.63) is 59.7 Å². The van der Waals surface area contributed by atoms with Gasteiger partial charge in [-0.05, 0) is 36.8 Å². The van der Waals surface area contributed by atoms with Gasteiger partial charge in [-0.15, -0.1) is 0 Å². The van der Waals surface area contributed by atoms with Crippen LogP contribution >= 0.6 is 0 Å². The Kier molecular flexibility index (Phi) is 4.33. The smallest absolute Gasteiger partial charge is 0.264 e. The topological polar surface area (TPSA) is 58.6 Å². The number of carbonyl (C=O) groups excluding carboxylic acids is 2. The maximum atomic E-state index is 12.1. The maximum absolute atomic E-state index is 12.1. The molecule has 0 spiro atoms. The molecule has 2 amide bonds. The minimum atomic E-state index is -0.235. The van der Waals surface area contributed by atoms with E-state index >= 15 is 0 Å². The number of nitrogens with zero attached hydrogens (tertiary/aromatic N) is 1. The number of benzene rings is 2. The van der Waals surface area contributed by atoms with Crippen LogP contribution in [0.15, 0.2) is 48.5 Å². The number of hydrogen-bond donors (Lipinski definition) is 1. The molecule has 0 aliphatic carbocycles. The van der Waals surface area contributed by atoms with E-state index in [0.29, 0.717) is 17.1 Å². The van der Waals surface area contributed by atoms with Crippen LogP contribution in [0.5, 0.6) is 5.75 Å². The number of ether oxygens (including phenoxy) is 1. The maximum Gasteiger partial charge on any atom is 0.264 e. The molecule has 1 heterocycles. The Morgan fingerprint density at radius 2 is 1.96 bits per heavy atom. The molecule has 0 aromatic heterocycles. The fraction of sp³-hybridized carbons (Fsp3) is 0.158.